The van der Waals surface area contributed by atoms with Crippen LogP contribution in [0.25, 0.3) is 10.9 Å². The number of anilines is 2. The van der Waals surface area contributed by atoms with Gasteiger partial charge in [-0.05, 0) is 43.3 Å². The zero-order valence-corrected chi connectivity index (χ0v) is 15.2. The monoisotopic (exact) mass is 398 g/mol. The molecule has 0 saturated heterocycles. The smallest absolute Gasteiger partial charge is 0.272 e. The van der Waals surface area contributed by atoms with Crippen molar-refractivity contribution < 1.29 is 22.4 Å². The van der Waals surface area contributed by atoms with Crippen LogP contribution in [0.4, 0.5) is 28.9 Å². The lowest BCUT2D eigenvalue weighted by atomic mass is 10.0. The van der Waals surface area contributed by atoms with E-state index in [1.54, 1.807) is 30.3 Å². The highest BCUT2D eigenvalue weighted by Gasteiger charge is 2.36. The summed E-state index contributed by atoms with van der Waals surface area (Å²) in [6.07, 6.45) is -4.68. The summed E-state index contributed by atoms with van der Waals surface area (Å²) in [5.74, 6) is -1.42. The number of nitrogens with zero attached hydrogens (tertiary/aromatic N) is 2. The Morgan fingerprint density at radius 3 is 2.48 bits per heavy atom. The van der Waals surface area contributed by atoms with Crippen LogP contribution in [0.5, 0.6) is 0 Å². The summed E-state index contributed by atoms with van der Waals surface area (Å²) >= 11 is 5.78. The van der Waals surface area contributed by atoms with E-state index in [1.165, 1.54) is 7.11 Å². The van der Waals surface area contributed by atoms with Crippen LogP contribution in [0.3, 0.4) is 0 Å². The van der Waals surface area contributed by atoms with E-state index in [0.29, 0.717) is 22.7 Å². The fourth-order valence-electron chi connectivity index (χ4n) is 2.96. The number of hydrogen-bond donors (Lipinski definition) is 0. The summed E-state index contributed by atoms with van der Waals surface area (Å²) < 4.78 is 54.7. The number of alkyl halides is 4. The first kappa shape index (κ1) is 19.4. The van der Waals surface area contributed by atoms with Crippen LogP contribution in [-0.4, -0.2) is 12.1 Å². The maximum Gasteiger partial charge on any atom is 0.416 e. The fraction of sp³-hybridized carbons (Fsp3) is 0.211. The molecule has 0 unspecified atom stereocenters. The lowest BCUT2D eigenvalue weighted by Gasteiger charge is -2.27. The van der Waals surface area contributed by atoms with Gasteiger partial charge >= 0.3 is 6.18 Å². The predicted molar refractivity (Wildman–Crippen MR) is 96.6 cm³/mol. The molecule has 0 atom stereocenters. The lowest BCUT2D eigenvalue weighted by molar-refractivity contribution is -0.138. The molecule has 0 aliphatic carbocycles. The summed E-state index contributed by atoms with van der Waals surface area (Å²) in [6.45, 7) is 1.82. The quantitative estimate of drug-likeness (QED) is 0.300. The second kappa shape index (κ2) is 7.32. The molecule has 3 aromatic rings. The first-order valence-electron chi connectivity index (χ1n) is 7.93. The summed E-state index contributed by atoms with van der Waals surface area (Å²) in [4.78, 5) is 9.68. The van der Waals surface area contributed by atoms with Crippen molar-refractivity contribution in [2.24, 2.45) is 0 Å². The number of aryl methyl sites for hydroxylation is 1. The molecule has 3 nitrogen and oxygen atoms in total. The first-order chi connectivity index (χ1) is 12.8. The number of pyridine rings is 1. The van der Waals surface area contributed by atoms with Crippen molar-refractivity contribution in [2.45, 2.75) is 19.0 Å². The maximum atomic E-state index is 14.6. The van der Waals surface area contributed by atoms with Crippen molar-refractivity contribution in [3.05, 3.63) is 65.1 Å². The molecule has 8 heteroatoms. The van der Waals surface area contributed by atoms with Gasteiger partial charge in [0.2, 0.25) is 0 Å². The number of benzene rings is 2. The molecule has 2 aromatic carbocycles. The Labute approximate surface area is 158 Å². The lowest BCUT2D eigenvalue weighted by Crippen LogP contribution is -2.21. The summed E-state index contributed by atoms with van der Waals surface area (Å²) in [6, 6.07) is 9.98. The van der Waals surface area contributed by atoms with E-state index < -0.39 is 29.0 Å². The van der Waals surface area contributed by atoms with Gasteiger partial charge in [-0.3, -0.25) is 9.82 Å². The van der Waals surface area contributed by atoms with Gasteiger partial charge < -0.3 is 0 Å². The van der Waals surface area contributed by atoms with E-state index in [9.17, 15) is 17.6 Å². The van der Waals surface area contributed by atoms with Gasteiger partial charge in [0.15, 0.2) is 0 Å². The number of halogens is 5. The largest absolute Gasteiger partial charge is 0.416 e. The minimum absolute atomic E-state index is 0.354. The Hall–Kier alpha value is -2.38. The SMILES string of the molecule is CON(c1c(F)ccc(C(F)(F)F)c1CCl)c1cccc2nc(C)ccc12. The third-order valence-electron chi connectivity index (χ3n) is 4.13. The van der Waals surface area contributed by atoms with E-state index in [2.05, 4.69) is 4.98 Å². The van der Waals surface area contributed by atoms with E-state index in [4.69, 9.17) is 16.4 Å². The average Bonchev–Trinajstić information content (AvgIpc) is 2.62. The van der Waals surface area contributed by atoms with Crippen LogP contribution >= 0.6 is 11.6 Å². The predicted octanol–water partition coefficient (Wildman–Crippen LogP) is 6.14. The molecule has 0 N–H and O–H groups in total. The number of hydrogen-bond acceptors (Lipinski definition) is 3. The van der Waals surface area contributed by atoms with Gasteiger partial charge in [-0.1, -0.05) is 6.07 Å². The van der Waals surface area contributed by atoms with Crippen molar-refractivity contribution in [3.63, 3.8) is 0 Å². The second-order valence-corrected chi connectivity index (χ2v) is 6.09. The third kappa shape index (κ3) is 3.57. The number of fused-ring (bicyclic) bond motifs is 1. The molecule has 0 spiro atoms. The molecule has 3 rings (SSSR count). The molecule has 0 amide bonds. The van der Waals surface area contributed by atoms with Crippen molar-refractivity contribution in [3.8, 4) is 0 Å². The van der Waals surface area contributed by atoms with Crippen molar-refractivity contribution in [1.82, 2.24) is 4.98 Å². The molecule has 1 heterocycles. The van der Waals surface area contributed by atoms with E-state index in [-0.39, 0.29) is 5.69 Å². The molecule has 1 aromatic heterocycles. The van der Waals surface area contributed by atoms with Gasteiger partial charge in [0.05, 0.1) is 29.8 Å². The molecule has 142 valence electrons. The molecule has 0 aliphatic rings. The van der Waals surface area contributed by atoms with Gasteiger partial charge in [-0.25, -0.2) is 9.45 Å². The molecular formula is C19H15ClF4N2O. The van der Waals surface area contributed by atoms with Crippen LogP contribution in [-0.2, 0) is 16.9 Å². The van der Waals surface area contributed by atoms with Crippen molar-refractivity contribution >= 4 is 33.9 Å². The fourth-order valence-corrected chi connectivity index (χ4v) is 3.23. The standard InChI is InChI=1S/C19H15ClF4N2O/c1-11-6-7-12-16(25-11)4-3-5-17(12)26(27-2)18-13(10-20)14(19(22,23)24)8-9-15(18)21/h3-9H,10H2,1-2H3. The third-order valence-corrected chi connectivity index (χ3v) is 4.39. The van der Waals surface area contributed by atoms with E-state index >= 15 is 0 Å². The summed E-state index contributed by atoms with van der Waals surface area (Å²) in [5.41, 5.74) is -0.0552. The highest BCUT2D eigenvalue weighted by Crippen LogP contribution is 2.42. The molecular weight excluding hydrogens is 384 g/mol. The molecule has 0 radical (unpaired) electrons. The first-order valence-corrected chi connectivity index (χ1v) is 8.46. The van der Waals surface area contributed by atoms with Crippen LogP contribution in [0, 0.1) is 12.7 Å². The Kier molecular flexibility index (Phi) is 5.26. The number of aromatic nitrogens is 1. The maximum absolute atomic E-state index is 14.6. The van der Waals surface area contributed by atoms with Crippen LogP contribution < -0.4 is 5.06 Å². The Morgan fingerprint density at radius 1 is 1.11 bits per heavy atom. The van der Waals surface area contributed by atoms with Crippen molar-refractivity contribution in [2.75, 3.05) is 12.2 Å². The highest BCUT2D eigenvalue weighted by atomic mass is 35.5. The van der Waals surface area contributed by atoms with Crippen molar-refractivity contribution in [1.29, 1.82) is 0 Å². The van der Waals surface area contributed by atoms with Gasteiger partial charge in [-0.15, -0.1) is 11.6 Å². The molecule has 27 heavy (non-hydrogen) atoms. The van der Waals surface area contributed by atoms with Crippen LogP contribution in [0.2, 0.25) is 0 Å². The average molecular weight is 399 g/mol. The Morgan fingerprint density at radius 2 is 1.85 bits per heavy atom. The van der Waals surface area contributed by atoms with Gasteiger partial charge in [0.1, 0.15) is 11.5 Å². The van der Waals surface area contributed by atoms with Gasteiger partial charge in [0.25, 0.3) is 0 Å². The molecule has 0 bridgehead atoms. The molecule has 0 aliphatic heterocycles. The van der Waals surface area contributed by atoms with E-state index in [1.807, 2.05) is 6.92 Å². The van der Waals surface area contributed by atoms with Gasteiger partial charge in [0, 0.05) is 16.6 Å². The minimum Gasteiger partial charge on any atom is -0.272 e. The Bertz CT molecular complexity index is 991. The zero-order chi connectivity index (χ0) is 19.8. The van der Waals surface area contributed by atoms with Crippen LogP contribution in [0.1, 0.15) is 16.8 Å². The summed E-state index contributed by atoms with van der Waals surface area (Å²) in [7, 11) is 1.25. The highest BCUT2D eigenvalue weighted by molar-refractivity contribution is 6.17. The summed E-state index contributed by atoms with van der Waals surface area (Å²) in [5, 5.41) is 1.61. The normalized spacial score (nSPS) is 11.8. The second-order valence-electron chi connectivity index (χ2n) is 5.83. The van der Waals surface area contributed by atoms with Gasteiger partial charge in [-0.2, -0.15) is 13.2 Å². The topological polar surface area (TPSA) is 25.4 Å². The molecule has 0 saturated carbocycles. The van der Waals surface area contributed by atoms with E-state index in [0.717, 1.165) is 16.8 Å². The Balaban J connectivity index is 2.29. The number of rotatable bonds is 4. The zero-order valence-electron chi connectivity index (χ0n) is 14.4. The van der Waals surface area contributed by atoms with Crippen LogP contribution in [0.15, 0.2) is 42.5 Å². The molecule has 0 fully saturated rings. The minimum atomic E-state index is -4.68.